The first-order valence-electron chi connectivity index (χ1n) is 6.56. The highest BCUT2D eigenvalue weighted by molar-refractivity contribution is 6.74. The Bertz CT molecular complexity index is 270. The van der Waals surface area contributed by atoms with Crippen LogP contribution in [0, 0.1) is 11.8 Å². The largest absolute Gasteiger partial charge is 0.414 e. The van der Waals surface area contributed by atoms with Crippen LogP contribution in [-0.4, -0.2) is 25.6 Å². The SMILES string of the molecule is CC(C)(C)[Si](C)(C)OC1C[C@H]2C[C@H]2[C@H](O)C1. The third-order valence-electron chi connectivity index (χ3n) is 4.81. The van der Waals surface area contributed by atoms with E-state index in [1.165, 1.54) is 12.8 Å². The molecule has 0 radical (unpaired) electrons. The van der Waals surface area contributed by atoms with Crippen LogP contribution in [0.1, 0.15) is 40.0 Å². The maximum Gasteiger partial charge on any atom is 0.192 e. The Labute approximate surface area is 101 Å². The number of aliphatic hydroxyl groups excluding tert-OH is 1. The molecule has 0 aliphatic heterocycles. The molecule has 0 aromatic rings. The minimum atomic E-state index is -1.64. The first kappa shape index (κ1) is 12.6. The fourth-order valence-corrected chi connectivity index (χ4v) is 3.96. The number of rotatable bonds is 2. The highest BCUT2D eigenvalue weighted by Gasteiger charge is 2.50. The average molecular weight is 242 g/mol. The van der Waals surface area contributed by atoms with Gasteiger partial charge in [0.15, 0.2) is 8.32 Å². The minimum absolute atomic E-state index is 0.0893. The molecule has 0 heterocycles. The summed E-state index contributed by atoms with van der Waals surface area (Å²) in [5, 5.41) is 10.2. The van der Waals surface area contributed by atoms with Crippen molar-refractivity contribution in [3.8, 4) is 0 Å². The number of aliphatic hydroxyl groups is 1. The molecule has 16 heavy (non-hydrogen) atoms. The highest BCUT2D eigenvalue weighted by atomic mass is 28.4. The maximum absolute atomic E-state index is 9.92. The Hall–Kier alpha value is 0.137. The van der Waals surface area contributed by atoms with Crippen molar-refractivity contribution in [2.75, 3.05) is 0 Å². The van der Waals surface area contributed by atoms with E-state index in [-0.39, 0.29) is 11.1 Å². The molecule has 0 spiro atoms. The van der Waals surface area contributed by atoms with E-state index in [4.69, 9.17) is 4.43 Å². The van der Waals surface area contributed by atoms with Crippen molar-refractivity contribution in [3.63, 3.8) is 0 Å². The molecule has 0 aromatic carbocycles. The summed E-state index contributed by atoms with van der Waals surface area (Å²) in [5.41, 5.74) is 0. The molecule has 0 bridgehead atoms. The monoisotopic (exact) mass is 242 g/mol. The fourth-order valence-electron chi connectivity index (χ4n) is 2.58. The predicted molar refractivity (Wildman–Crippen MR) is 68.9 cm³/mol. The van der Waals surface area contributed by atoms with E-state index in [1.54, 1.807) is 0 Å². The van der Waals surface area contributed by atoms with Crippen LogP contribution in [0.2, 0.25) is 18.1 Å². The van der Waals surface area contributed by atoms with Crippen LogP contribution in [0.3, 0.4) is 0 Å². The van der Waals surface area contributed by atoms with Crippen molar-refractivity contribution >= 4 is 8.32 Å². The van der Waals surface area contributed by atoms with Crippen LogP contribution in [0.5, 0.6) is 0 Å². The predicted octanol–water partition coefficient (Wildman–Crippen LogP) is 3.17. The molecule has 2 rings (SSSR count). The lowest BCUT2D eigenvalue weighted by Crippen LogP contribution is -2.45. The second kappa shape index (κ2) is 3.82. The maximum atomic E-state index is 9.92. The van der Waals surface area contributed by atoms with E-state index in [1.807, 2.05) is 0 Å². The lowest BCUT2D eigenvalue weighted by Gasteiger charge is -2.40. The van der Waals surface area contributed by atoms with Gasteiger partial charge >= 0.3 is 0 Å². The second-order valence-electron chi connectivity index (χ2n) is 7.20. The zero-order valence-corrected chi connectivity index (χ0v) is 12.3. The Balaban J connectivity index is 1.94. The molecule has 1 unspecified atom stereocenters. The molecule has 2 saturated carbocycles. The number of fused-ring (bicyclic) bond motifs is 1. The summed E-state index contributed by atoms with van der Waals surface area (Å²) in [5.74, 6) is 1.37. The summed E-state index contributed by atoms with van der Waals surface area (Å²) in [7, 11) is -1.64. The second-order valence-corrected chi connectivity index (χ2v) is 12.0. The van der Waals surface area contributed by atoms with Gasteiger partial charge in [-0.05, 0) is 49.2 Å². The van der Waals surface area contributed by atoms with Gasteiger partial charge in [-0.3, -0.25) is 0 Å². The third kappa shape index (κ3) is 2.36. The molecule has 3 heteroatoms. The van der Waals surface area contributed by atoms with Crippen molar-refractivity contribution in [2.45, 2.75) is 70.4 Å². The van der Waals surface area contributed by atoms with Gasteiger partial charge in [0.2, 0.25) is 0 Å². The normalized spacial score (nSPS) is 39.4. The van der Waals surface area contributed by atoms with E-state index in [0.717, 1.165) is 12.3 Å². The molecule has 1 N–H and O–H groups in total. The molecule has 2 aliphatic rings. The van der Waals surface area contributed by atoms with Crippen molar-refractivity contribution in [1.29, 1.82) is 0 Å². The molecule has 0 saturated heterocycles. The zero-order chi connectivity index (χ0) is 12.1. The van der Waals surface area contributed by atoms with Gasteiger partial charge in [0.1, 0.15) is 0 Å². The molecule has 0 amide bonds. The van der Waals surface area contributed by atoms with E-state index in [0.29, 0.717) is 12.0 Å². The van der Waals surface area contributed by atoms with Crippen LogP contribution < -0.4 is 0 Å². The van der Waals surface area contributed by atoms with Crippen molar-refractivity contribution in [3.05, 3.63) is 0 Å². The van der Waals surface area contributed by atoms with E-state index in [9.17, 15) is 5.11 Å². The van der Waals surface area contributed by atoms with Crippen molar-refractivity contribution in [2.24, 2.45) is 11.8 Å². The summed E-state index contributed by atoms with van der Waals surface area (Å²) in [6.45, 7) is 11.4. The first-order valence-corrected chi connectivity index (χ1v) is 9.47. The summed E-state index contributed by atoms with van der Waals surface area (Å²) in [6.07, 6.45) is 3.52. The first-order chi connectivity index (χ1) is 7.21. The van der Waals surface area contributed by atoms with Gasteiger partial charge in [-0.15, -0.1) is 0 Å². The van der Waals surface area contributed by atoms with Crippen molar-refractivity contribution in [1.82, 2.24) is 0 Å². The Kier molecular flexibility index (Phi) is 3.01. The molecule has 2 aliphatic carbocycles. The Morgan fingerprint density at radius 3 is 2.25 bits per heavy atom. The van der Waals surface area contributed by atoms with Gasteiger partial charge in [-0.1, -0.05) is 20.8 Å². The summed E-state index contributed by atoms with van der Waals surface area (Å²) in [6, 6.07) is 0. The van der Waals surface area contributed by atoms with E-state index >= 15 is 0 Å². The molecule has 2 nitrogen and oxygen atoms in total. The zero-order valence-electron chi connectivity index (χ0n) is 11.3. The van der Waals surface area contributed by atoms with Crippen LogP contribution >= 0.6 is 0 Å². The summed E-state index contributed by atoms with van der Waals surface area (Å²) < 4.78 is 6.39. The number of hydrogen-bond donors (Lipinski definition) is 1. The molecule has 0 aromatic heterocycles. The Morgan fingerprint density at radius 2 is 1.75 bits per heavy atom. The quantitative estimate of drug-likeness (QED) is 0.754. The standard InChI is InChI=1S/C13H26O2Si/c1-13(2,3)16(4,5)15-10-6-9-7-11(9)12(14)8-10/h9-12,14H,6-8H2,1-5H3/t9-,10?,11+,12+/m0/s1. The molecule has 94 valence electrons. The molecular weight excluding hydrogens is 216 g/mol. The topological polar surface area (TPSA) is 29.5 Å². The highest BCUT2D eigenvalue weighted by Crippen LogP contribution is 2.51. The van der Waals surface area contributed by atoms with Gasteiger partial charge in [0.25, 0.3) is 0 Å². The van der Waals surface area contributed by atoms with Gasteiger partial charge in [0.05, 0.1) is 6.10 Å². The van der Waals surface area contributed by atoms with Gasteiger partial charge in [0, 0.05) is 6.10 Å². The van der Waals surface area contributed by atoms with Gasteiger partial charge < -0.3 is 9.53 Å². The van der Waals surface area contributed by atoms with Crippen LogP contribution in [0.15, 0.2) is 0 Å². The summed E-state index contributed by atoms with van der Waals surface area (Å²) >= 11 is 0. The van der Waals surface area contributed by atoms with Crippen LogP contribution in [0.25, 0.3) is 0 Å². The summed E-state index contributed by atoms with van der Waals surface area (Å²) in [4.78, 5) is 0. The molecule has 2 fully saturated rings. The van der Waals surface area contributed by atoms with Crippen LogP contribution in [0.4, 0.5) is 0 Å². The van der Waals surface area contributed by atoms with Crippen LogP contribution in [-0.2, 0) is 4.43 Å². The molecule has 4 atom stereocenters. The van der Waals surface area contributed by atoms with Gasteiger partial charge in [-0.2, -0.15) is 0 Å². The third-order valence-corrected chi connectivity index (χ3v) is 9.34. The Morgan fingerprint density at radius 1 is 1.12 bits per heavy atom. The lowest BCUT2D eigenvalue weighted by molar-refractivity contribution is 0.0387. The van der Waals surface area contributed by atoms with E-state index < -0.39 is 8.32 Å². The fraction of sp³-hybridized carbons (Fsp3) is 1.00. The molecular formula is C13H26O2Si. The average Bonchev–Trinajstić information content (AvgIpc) is 2.80. The van der Waals surface area contributed by atoms with E-state index in [2.05, 4.69) is 33.9 Å². The van der Waals surface area contributed by atoms with Crippen molar-refractivity contribution < 1.29 is 9.53 Å². The lowest BCUT2D eigenvalue weighted by atomic mass is 9.95. The number of hydrogen-bond acceptors (Lipinski definition) is 2. The minimum Gasteiger partial charge on any atom is -0.414 e. The smallest absolute Gasteiger partial charge is 0.192 e. The van der Waals surface area contributed by atoms with Gasteiger partial charge in [-0.25, -0.2) is 0 Å².